The molecule has 1 aliphatic heterocycles. The number of rotatable bonds is 5. The quantitative estimate of drug-likeness (QED) is 0.808. The number of carbonyl (C=O) groups is 2. The van der Waals surface area contributed by atoms with Crippen molar-refractivity contribution in [3.8, 4) is 0 Å². The van der Waals surface area contributed by atoms with Crippen LogP contribution in [0.2, 0.25) is 5.02 Å². The molecule has 0 atom stereocenters. The maximum absolute atomic E-state index is 12.2. The SMILES string of the molecule is NC(=O)c1ccc(N2CCN(CC(=O)Nc3ccc(Cl)cc3)CC2)nn1. The van der Waals surface area contributed by atoms with E-state index in [1.807, 2.05) is 0 Å². The summed E-state index contributed by atoms with van der Waals surface area (Å²) in [5.41, 5.74) is 6.03. The molecule has 2 aromatic rings. The van der Waals surface area contributed by atoms with E-state index in [1.165, 1.54) is 0 Å². The zero-order valence-electron chi connectivity index (χ0n) is 14.1. The fourth-order valence-electron chi connectivity index (χ4n) is 2.70. The number of primary amides is 1. The molecule has 1 aromatic heterocycles. The van der Waals surface area contributed by atoms with E-state index >= 15 is 0 Å². The highest BCUT2D eigenvalue weighted by Crippen LogP contribution is 2.15. The Morgan fingerprint density at radius 3 is 2.31 bits per heavy atom. The van der Waals surface area contributed by atoms with Gasteiger partial charge in [0, 0.05) is 36.9 Å². The number of hydrogen-bond acceptors (Lipinski definition) is 6. The lowest BCUT2D eigenvalue weighted by atomic mass is 10.3. The molecule has 0 aliphatic carbocycles. The number of piperazine rings is 1. The molecule has 2 heterocycles. The average molecular weight is 375 g/mol. The molecule has 0 spiro atoms. The molecule has 1 saturated heterocycles. The maximum Gasteiger partial charge on any atom is 0.269 e. The lowest BCUT2D eigenvalue weighted by Crippen LogP contribution is -2.49. The topological polar surface area (TPSA) is 104 Å². The van der Waals surface area contributed by atoms with Crippen molar-refractivity contribution in [3.63, 3.8) is 0 Å². The molecule has 2 amide bonds. The molecule has 3 rings (SSSR count). The van der Waals surface area contributed by atoms with Crippen LogP contribution in [0.1, 0.15) is 10.5 Å². The zero-order chi connectivity index (χ0) is 18.5. The molecule has 9 heteroatoms. The van der Waals surface area contributed by atoms with E-state index in [4.69, 9.17) is 17.3 Å². The van der Waals surface area contributed by atoms with Crippen LogP contribution in [-0.2, 0) is 4.79 Å². The molecule has 1 aromatic carbocycles. The van der Waals surface area contributed by atoms with Crippen molar-refractivity contribution in [3.05, 3.63) is 47.1 Å². The van der Waals surface area contributed by atoms with Gasteiger partial charge in [-0.3, -0.25) is 14.5 Å². The molecule has 1 fully saturated rings. The molecule has 136 valence electrons. The molecule has 8 nitrogen and oxygen atoms in total. The number of nitrogens with one attached hydrogen (secondary N) is 1. The van der Waals surface area contributed by atoms with Gasteiger partial charge in [-0.05, 0) is 36.4 Å². The van der Waals surface area contributed by atoms with Crippen LogP contribution in [0.25, 0.3) is 0 Å². The predicted molar refractivity (Wildman–Crippen MR) is 99.3 cm³/mol. The number of hydrogen-bond donors (Lipinski definition) is 2. The molecule has 26 heavy (non-hydrogen) atoms. The minimum Gasteiger partial charge on any atom is -0.364 e. The first-order valence-electron chi connectivity index (χ1n) is 8.17. The van der Waals surface area contributed by atoms with Crippen molar-refractivity contribution in [2.75, 3.05) is 42.9 Å². The molecular formula is C17H19ClN6O2. The lowest BCUT2D eigenvalue weighted by molar-refractivity contribution is -0.117. The molecule has 0 bridgehead atoms. The van der Waals surface area contributed by atoms with E-state index in [1.54, 1.807) is 36.4 Å². The minimum absolute atomic E-state index is 0.0635. The van der Waals surface area contributed by atoms with E-state index < -0.39 is 5.91 Å². The Hall–Kier alpha value is -2.71. The Labute approximate surface area is 155 Å². The second kappa shape index (κ2) is 8.11. The standard InChI is InChI=1S/C17H19ClN6O2/c18-12-1-3-13(4-2-12)20-16(25)11-23-7-9-24(10-8-23)15-6-5-14(17(19)26)21-22-15/h1-6H,7-11H2,(H2,19,26)(H,20,25). The van der Waals surface area contributed by atoms with Crippen LogP contribution < -0.4 is 16.0 Å². The third kappa shape index (κ3) is 4.68. The minimum atomic E-state index is -0.597. The van der Waals surface area contributed by atoms with Gasteiger partial charge in [0.25, 0.3) is 5.91 Å². The van der Waals surface area contributed by atoms with Gasteiger partial charge in [0.15, 0.2) is 11.5 Å². The predicted octanol–water partition coefficient (Wildman–Crippen LogP) is 0.990. The number of nitrogens with zero attached hydrogens (tertiary/aromatic N) is 4. The van der Waals surface area contributed by atoms with Crippen molar-refractivity contribution < 1.29 is 9.59 Å². The summed E-state index contributed by atoms with van der Waals surface area (Å²) in [6.07, 6.45) is 0. The van der Waals surface area contributed by atoms with Crippen molar-refractivity contribution in [1.82, 2.24) is 15.1 Å². The van der Waals surface area contributed by atoms with Crippen LogP contribution in [0.5, 0.6) is 0 Å². The van der Waals surface area contributed by atoms with Crippen molar-refractivity contribution in [2.45, 2.75) is 0 Å². The molecule has 0 unspecified atom stereocenters. The molecule has 0 saturated carbocycles. The second-order valence-electron chi connectivity index (χ2n) is 5.96. The summed E-state index contributed by atoms with van der Waals surface area (Å²) in [4.78, 5) is 27.3. The third-order valence-electron chi connectivity index (χ3n) is 4.09. The Bertz CT molecular complexity index is 773. The summed E-state index contributed by atoms with van der Waals surface area (Å²) >= 11 is 5.83. The van der Waals surface area contributed by atoms with E-state index in [2.05, 4.69) is 25.3 Å². The zero-order valence-corrected chi connectivity index (χ0v) is 14.8. The smallest absolute Gasteiger partial charge is 0.269 e. The number of nitrogens with two attached hydrogens (primary N) is 1. The highest BCUT2D eigenvalue weighted by Gasteiger charge is 2.20. The van der Waals surface area contributed by atoms with Gasteiger partial charge in [0.2, 0.25) is 5.91 Å². The van der Waals surface area contributed by atoms with Gasteiger partial charge >= 0.3 is 0 Å². The van der Waals surface area contributed by atoms with Crippen LogP contribution in [0.15, 0.2) is 36.4 Å². The largest absolute Gasteiger partial charge is 0.364 e. The summed E-state index contributed by atoms with van der Waals surface area (Å²) in [7, 11) is 0. The molecule has 1 aliphatic rings. The number of carbonyl (C=O) groups excluding carboxylic acids is 2. The highest BCUT2D eigenvalue weighted by atomic mass is 35.5. The fraction of sp³-hybridized carbons (Fsp3) is 0.294. The number of halogens is 1. The normalized spacial score (nSPS) is 14.9. The summed E-state index contributed by atoms with van der Waals surface area (Å²) < 4.78 is 0. The summed E-state index contributed by atoms with van der Waals surface area (Å²) in [5.74, 6) is 0.0345. The maximum atomic E-state index is 12.2. The Kier molecular flexibility index (Phi) is 5.65. The van der Waals surface area contributed by atoms with Crippen LogP contribution in [-0.4, -0.2) is 59.6 Å². The average Bonchev–Trinajstić information content (AvgIpc) is 2.64. The number of amides is 2. The number of benzene rings is 1. The second-order valence-corrected chi connectivity index (χ2v) is 6.40. The van der Waals surface area contributed by atoms with E-state index in [0.29, 0.717) is 17.4 Å². The first-order chi connectivity index (χ1) is 12.5. The fourth-order valence-corrected chi connectivity index (χ4v) is 2.82. The number of anilines is 2. The Morgan fingerprint density at radius 2 is 1.73 bits per heavy atom. The van der Waals surface area contributed by atoms with Crippen molar-refractivity contribution in [2.24, 2.45) is 5.73 Å². The Morgan fingerprint density at radius 1 is 1.04 bits per heavy atom. The van der Waals surface area contributed by atoms with Crippen molar-refractivity contribution >= 4 is 34.9 Å². The van der Waals surface area contributed by atoms with Gasteiger partial charge in [-0.25, -0.2) is 0 Å². The molecule has 3 N–H and O–H groups in total. The lowest BCUT2D eigenvalue weighted by Gasteiger charge is -2.34. The van der Waals surface area contributed by atoms with E-state index in [0.717, 1.165) is 31.9 Å². The summed E-state index contributed by atoms with van der Waals surface area (Å²) in [6.45, 7) is 3.22. The Balaban J connectivity index is 1.48. The summed E-state index contributed by atoms with van der Waals surface area (Å²) in [5, 5.41) is 11.3. The van der Waals surface area contributed by atoms with Gasteiger partial charge < -0.3 is 16.0 Å². The molecule has 0 radical (unpaired) electrons. The monoisotopic (exact) mass is 374 g/mol. The van der Waals surface area contributed by atoms with Gasteiger partial charge in [-0.1, -0.05) is 11.6 Å². The first kappa shape index (κ1) is 18.1. The van der Waals surface area contributed by atoms with Crippen molar-refractivity contribution in [1.29, 1.82) is 0 Å². The first-order valence-corrected chi connectivity index (χ1v) is 8.55. The highest BCUT2D eigenvalue weighted by molar-refractivity contribution is 6.30. The van der Waals surface area contributed by atoms with Gasteiger partial charge in [0.05, 0.1) is 6.54 Å². The van der Waals surface area contributed by atoms with Crippen LogP contribution in [0.4, 0.5) is 11.5 Å². The molecular weight excluding hydrogens is 356 g/mol. The van der Waals surface area contributed by atoms with Crippen LogP contribution in [0.3, 0.4) is 0 Å². The van der Waals surface area contributed by atoms with Gasteiger partial charge in [-0.15, -0.1) is 10.2 Å². The summed E-state index contributed by atoms with van der Waals surface area (Å²) in [6, 6.07) is 10.3. The van der Waals surface area contributed by atoms with Gasteiger partial charge in [0.1, 0.15) is 0 Å². The van der Waals surface area contributed by atoms with Gasteiger partial charge in [-0.2, -0.15) is 0 Å². The van der Waals surface area contributed by atoms with Crippen LogP contribution in [0, 0.1) is 0 Å². The van der Waals surface area contributed by atoms with E-state index in [-0.39, 0.29) is 11.6 Å². The third-order valence-corrected chi connectivity index (χ3v) is 4.35. The number of aromatic nitrogens is 2. The van der Waals surface area contributed by atoms with Crippen LogP contribution >= 0.6 is 11.6 Å². The van der Waals surface area contributed by atoms with E-state index in [9.17, 15) is 9.59 Å².